The van der Waals surface area contributed by atoms with Crippen molar-refractivity contribution in [1.82, 2.24) is 15.0 Å². The number of thiophene rings is 1. The second-order valence-corrected chi connectivity index (χ2v) is 16.2. The average Bonchev–Trinajstić information content (AvgIpc) is 3.68. The molecule has 0 saturated carbocycles. The third-order valence-corrected chi connectivity index (χ3v) is 12.8. The molecule has 0 bridgehead atoms. The number of aromatic nitrogens is 3. The molecule has 10 aromatic rings. The summed E-state index contributed by atoms with van der Waals surface area (Å²) in [5, 5.41) is 4.79. The first-order valence-corrected chi connectivity index (χ1v) is 20.7. The summed E-state index contributed by atoms with van der Waals surface area (Å²) >= 11 is 1.80. The Labute approximate surface area is 341 Å². The van der Waals surface area contributed by atoms with Crippen LogP contribution in [-0.4, -0.2) is 15.0 Å². The number of fused-ring (bicyclic) bond motifs is 5. The minimum atomic E-state index is 0.291. The van der Waals surface area contributed by atoms with Gasteiger partial charge in [-0.05, 0) is 79.8 Å². The van der Waals surface area contributed by atoms with Crippen LogP contribution in [0.25, 0.3) is 105 Å². The van der Waals surface area contributed by atoms with Crippen molar-refractivity contribution in [2.75, 3.05) is 0 Å². The van der Waals surface area contributed by atoms with E-state index in [0.717, 1.165) is 39.6 Å². The van der Waals surface area contributed by atoms with E-state index in [9.17, 15) is 0 Å². The van der Waals surface area contributed by atoms with Crippen molar-refractivity contribution in [2.45, 2.75) is 19.3 Å². The largest absolute Gasteiger partial charge is 0.208 e. The highest BCUT2D eigenvalue weighted by molar-refractivity contribution is 7.26. The highest BCUT2D eigenvalue weighted by Gasteiger charge is 2.28. The molecule has 4 heteroatoms. The van der Waals surface area contributed by atoms with Crippen LogP contribution in [0.3, 0.4) is 0 Å². The summed E-state index contributed by atoms with van der Waals surface area (Å²) in [5.74, 6) is 2.30. The van der Waals surface area contributed by atoms with E-state index in [1.165, 1.54) is 58.9 Å². The van der Waals surface area contributed by atoms with Crippen molar-refractivity contribution in [3.63, 3.8) is 0 Å². The third kappa shape index (κ3) is 5.76. The lowest BCUT2D eigenvalue weighted by Gasteiger charge is -2.27. The second kappa shape index (κ2) is 14.2. The number of hydrogen-bond acceptors (Lipinski definition) is 4. The van der Waals surface area contributed by atoms with Gasteiger partial charge in [0.05, 0.1) is 0 Å². The zero-order valence-corrected chi connectivity index (χ0v) is 32.7. The Morgan fingerprint density at radius 2 is 0.966 bits per heavy atom. The number of rotatable bonds is 6. The molecule has 274 valence electrons. The predicted molar refractivity (Wildman–Crippen MR) is 245 cm³/mol. The summed E-state index contributed by atoms with van der Waals surface area (Å²) in [6.07, 6.45) is 5.60. The fourth-order valence-electron chi connectivity index (χ4n) is 8.88. The molecule has 0 radical (unpaired) electrons. The van der Waals surface area contributed by atoms with Gasteiger partial charge in [-0.25, -0.2) is 15.0 Å². The second-order valence-electron chi connectivity index (χ2n) is 15.1. The smallest absolute Gasteiger partial charge is 0.165 e. The van der Waals surface area contributed by atoms with Crippen LogP contribution in [0.2, 0.25) is 0 Å². The Bertz CT molecular complexity index is 3200. The molecule has 2 aromatic heterocycles. The third-order valence-electron chi connectivity index (χ3n) is 11.6. The molecule has 0 saturated heterocycles. The first kappa shape index (κ1) is 34.3. The van der Waals surface area contributed by atoms with Crippen LogP contribution in [0.4, 0.5) is 0 Å². The van der Waals surface area contributed by atoms with Crippen LogP contribution < -0.4 is 0 Å². The van der Waals surface area contributed by atoms with Crippen LogP contribution in [0.1, 0.15) is 30.4 Å². The molecule has 1 atom stereocenters. The highest BCUT2D eigenvalue weighted by atomic mass is 32.1. The molecule has 8 aromatic carbocycles. The van der Waals surface area contributed by atoms with Crippen LogP contribution in [-0.2, 0) is 0 Å². The monoisotopic (exact) mass is 759 g/mol. The van der Waals surface area contributed by atoms with Gasteiger partial charge in [-0.15, -0.1) is 11.3 Å². The standard InChI is InChI=1S/C54H37N3S/c1-34-16-14-27-45-48(34)49(38-32-30-36(31-33-38)35-17-4-2-5-18-35)41-23-9-10-24-42(41)50(45)54-56-52(44-25-11-8-21-39(44)37-19-6-3-7-20-37)55-53(57-54)46-28-15-26-43-40-22-12-13-29-47(40)58-51(43)46/h2-15,17-34H,16H2,1H3. The Morgan fingerprint density at radius 3 is 1.72 bits per heavy atom. The molecular formula is C54H37N3S. The van der Waals surface area contributed by atoms with E-state index in [1.54, 1.807) is 11.3 Å². The molecule has 1 aliphatic rings. The number of hydrogen-bond donors (Lipinski definition) is 0. The van der Waals surface area contributed by atoms with E-state index < -0.39 is 0 Å². The lowest BCUT2D eigenvalue weighted by atomic mass is 9.77. The Morgan fingerprint density at radius 1 is 0.431 bits per heavy atom. The normalized spacial score (nSPS) is 13.6. The van der Waals surface area contributed by atoms with Gasteiger partial charge in [0.2, 0.25) is 0 Å². The average molecular weight is 760 g/mol. The quantitative estimate of drug-likeness (QED) is 0.169. The van der Waals surface area contributed by atoms with Crippen molar-refractivity contribution in [1.29, 1.82) is 0 Å². The van der Waals surface area contributed by atoms with Gasteiger partial charge in [0, 0.05) is 36.9 Å². The summed E-state index contributed by atoms with van der Waals surface area (Å²) < 4.78 is 2.43. The molecule has 1 unspecified atom stereocenters. The van der Waals surface area contributed by atoms with Crippen molar-refractivity contribution in [2.24, 2.45) is 0 Å². The Kier molecular flexibility index (Phi) is 8.37. The number of nitrogens with zero attached hydrogens (tertiary/aromatic N) is 3. The maximum absolute atomic E-state index is 5.50. The van der Waals surface area contributed by atoms with Crippen molar-refractivity contribution in [3.8, 4) is 67.5 Å². The molecule has 0 amide bonds. The van der Waals surface area contributed by atoms with E-state index in [-0.39, 0.29) is 0 Å². The molecule has 58 heavy (non-hydrogen) atoms. The topological polar surface area (TPSA) is 38.7 Å². The molecule has 0 aliphatic heterocycles. The number of allylic oxidation sites excluding steroid dienone is 1. The van der Waals surface area contributed by atoms with Gasteiger partial charge in [-0.2, -0.15) is 0 Å². The summed E-state index contributed by atoms with van der Waals surface area (Å²) in [4.78, 5) is 16.4. The summed E-state index contributed by atoms with van der Waals surface area (Å²) in [5.41, 5.74) is 12.7. The van der Waals surface area contributed by atoms with E-state index in [4.69, 9.17) is 15.0 Å². The van der Waals surface area contributed by atoms with E-state index >= 15 is 0 Å². The van der Waals surface area contributed by atoms with Gasteiger partial charge in [0.1, 0.15) is 0 Å². The van der Waals surface area contributed by atoms with Crippen molar-refractivity contribution >= 4 is 48.4 Å². The van der Waals surface area contributed by atoms with Gasteiger partial charge in [0.25, 0.3) is 0 Å². The van der Waals surface area contributed by atoms with Crippen LogP contribution in [0.15, 0.2) is 182 Å². The zero-order chi connectivity index (χ0) is 38.6. The SMILES string of the molecule is CC1CC=Cc2c1c(-c1ccc(-c3ccccc3)cc1)c1ccccc1c2-c1nc(-c2ccccc2-c2ccccc2)nc(-c2cccc3c2sc2ccccc23)n1. The minimum absolute atomic E-state index is 0.291. The molecule has 0 spiro atoms. The maximum Gasteiger partial charge on any atom is 0.165 e. The van der Waals surface area contributed by atoms with Crippen LogP contribution in [0.5, 0.6) is 0 Å². The van der Waals surface area contributed by atoms with Gasteiger partial charge in [-0.3, -0.25) is 0 Å². The fraction of sp³-hybridized carbons (Fsp3) is 0.0556. The minimum Gasteiger partial charge on any atom is -0.208 e. The van der Waals surface area contributed by atoms with Crippen molar-refractivity contribution in [3.05, 3.63) is 193 Å². The van der Waals surface area contributed by atoms with Crippen molar-refractivity contribution < 1.29 is 0 Å². The van der Waals surface area contributed by atoms with E-state index in [1.807, 2.05) is 0 Å². The first-order chi connectivity index (χ1) is 28.7. The fourth-order valence-corrected chi connectivity index (χ4v) is 10.1. The molecule has 1 aliphatic carbocycles. The van der Waals surface area contributed by atoms with Gasteiger partial charge >= 0.3 is 0 Å². The lowest BCUT2D eigenvalue weighted by molar-refractivity contribution is 0.775. The Balaban J connectivity index is 1.20. The zero-order valence-electron chi connectivity index (χ0n) is 31.9. The lowest BCUT2D eigenvalue weighted by Crippen LogP contribution is -2.08. The van der Waals surface area contributed by atoms with E-state index in [0.29, 0.717) is 23.4 Å². The van der Waals surface area contributed by atoms with E-state index in [2.05, 4.69) is 195 Å². The van der Waals surface area contributed by atoms with Crippen LogP contribution >= 0.6 is 11.3 Å². The predicted octanol–water partition coefficient (Wildman–Crippen LogP) is 14.9. The van der Waals surface area contributed by atoms with Crippen LogP contribution in [0, 0.1) is 0 Å². The van der Waals surface area contributed by atoms with Gasteiger partial charge in [-0.1, -0.05) is 183 Å². The molecule has 0 fully saturated rings. The maximum atomic E-state index is 5.50. The number of benzene rings is 8. The molecule has 3 nitrogen and oxygen atoms in total. The summed E-state index contributed by atoms with van der Waals surface area (Å²) in [6, 6.07) is 62.7. The molecular weight excluding hydrogens is 723 g/mol. The molecule has 0 N–H and O–H groups in total. The first-order valence-electron chi connectivity index (χ1n) is 19.9. The van der Waals surface area contributed by atoms with Gasteiger partial charge < -0.3 is 0 Å². The summed E-state index contributed by atoms with van der Waals surface area (Å²) in [7, 11) is 0. The summed E-state index contributed by atoms with van der Waals surface area (Å²) in [6.45, 7) is 2.35. The Hall–Kier alpha value is -7.01. The highest BCUT2D eigenvalue weighted by Crippen LogP contribution is 2.48. The molecule has 11 rings (SSSR count). The molecule has 2 heterocycles. The van der Waals surface area contributed by atoms with Gasteiger partial charge in [0.15, 0.2) is 17.5 Å².